The quantitative estimate of drug-likeness (QED) is 0.240. The number of carbonyl (C=O) groups is 1. The highest BCUT2D eigenvalue weighted by Crippen LogP contribution is 2.58. The molecule has 0 saturated carbocycles. The largest absolute Gasteiger partial charge is 0.455 e. The Morgan fingerprint density at radius 2 is 1.37 bits per heavy atom. The summed E-state index contributed by atoms with van der Waals surface area (Å²) in [5.41, 5.74) is 3.46. The summed E-state index contributed by atoms with van der Waals surface area (Å²) in [6.07, 6.45) is 0. The van der Waals surface area contributed by atoms with Crippen LogP contribution in [0.2, 0.25) is 0 Å². The Hall–Kier alpha value is -4.09. The third-order valence-electron chi connectivity index (χ3n) is 6.78. The number of anilines is 2. The van der Waals surface area contributed by atoms with Gasteiger partial charge in [-0.15, -0.1) is 0 Å². The number of ether oxygens (including phenoxy) is 2. The fraction of sp³-hybridized carbons (Fsp3) is 0.0333. The van der Waals surface area contributed by atoms with Crippen molar-refractivity contribution in [2.24, 2.45) is 0 Å². The minimum absolute atomic E-state index is 0.369. The van der Waals surface area contributed by atoms with E-state index in [9.17, 15) is 4.79 Å². The Balaban J connectivity index is 1.47. The van der Waals surface area contributed by atoms with Crippen molar-refractivity contribution >= 4 is 44.0 Å². The maximum Gasteiger partial charge on any atom is 0.342 e. The van der Waals surface area contributed by atoms with Gasteiger partial charge in [-0.05, 0) is 45.6 Å². The zero-order valence-electron chi connectivity index (χ0n) is 18.4. The summed E-state index contributed by atoms with van der Waals surface area (Å²) >= 11 is 3.62. The van der Waals surface area contributed by atoms with Gasteiger partial charge in [-0.25, -0.2) is 4.79 Å². The molecule has 5 aromatic rings. The third-order valence-corrected chi connectivity index (χ3v) is 7.40. The van der Waals surface area contributed by atoms with Crippen molar-refractivity contribution in [1.29, 1.82) is 0 Å². The van der Waals surface area contributed by atoms with E-state index in [1.54, 1.807) is 0 Å². The summed E-state index contributed by atoms with van der Waals surface area (Å²) in [4.78, 5) is 13.6. The van der Waals surface area contributed by atoms with Gasteiger partial charge >= 0.3 is 5.97 Å². The highest BCUT2D eigenvalue weighted by Gasteiger charge is 2.54. The Kier molecular flexibility index (Phi) is 4.32. The molecule has 0 aromatic heterocycles. The van der Waals surface area contributed by atoms with Crippen LogP contribution in [0.25, 0.3) is 10.8 Å². The minimum Gasteiger partial charge on any atom is -0.455 e. The highest BCUT2D eigenvalue weighted by atomic mass is 79.9. The van der Waals surface area contributed by atoms with Crippen LogP contribution < -0.4 is 10.1 Å². The molecule has 0 aliphatic carbocycles. The molecule has 7 rings (SSSR count). The number of fused-ring (bicyclic) bond motifs is 7. The van der Waals surface area contributed by atoms with Crippen LogP contribution in [0.4, 0.5) is 11.4 Å². The first-order valence-electron chi connectivity index (χ1n) is 11.3. The van der Waals surface area contributed by atoms with E-state index in [1.165, 1.54) is 0 Å². The molecule has 5 aromatic carbocycles. The van der Waals surface area contributed by atoms with Gasteiger partial charge in [0.2, 0.25) is 0 Å². The van der Waals surface area contributed by atoms with Crippen molar-refractivity contribution in [1.82, 2.24) is 0 Å². The summed E-state index contributed by atoms with van der Waals surface area (Å²) in [6, 6.07) is 33.7. The second kappa shape index (κ2) is 7.45. The Morgan fingerprint density at radius 1 is 0.686 bits per heavy atom. The lowest BCUT2D eigenvalue weighted by Gasteiger charge is -2.36. The Morgan fingerprint density at radius 3 is 2.31 bits per heavy atom. The predicted molar refractivity (Wildman–Crippen MR) is 140 cm³/mol. The van der Waals surface area contributed by atoms with Crippen molar-refractivity contribution in [3.63, 3.8) is 0 Å². The summed E-state index contributed by atoms with van der Waals surface area (Å²) in [5, 5.41) is 5.73. The summed E-state index contributed by atoms with van der Waals surface area (Å²) in [6.45, 7) is 0. The molecule has 1 unspecified atom stereocenters. The van der Waals surface area contributed by atoms with Crippen molar-refractivity contribution in [2.45, 2.75) is 5.60 Å². The standard InChI is InChI=1S/C30H18BrNO3/c31-23-14-6-13-22-28(23)34-26-17-4-3-11-20(26)30(22)21-12-7-16-25(27(21)29(33)35-30)32-24-15-5-9-18-8-1-2-10-19(18)24/h1-17,32H. The molecule has 0 bridgehead atoms. The van der Waals surface area contributed by atoms with Crippen LogP contribution in [-0.4, -0.2) is 5.97 Å². The molecule has 0 radical (unpaired) electrons. The number of rotatable bonds is 2. The van der Waals surface area contributed by atoms with E-state index in [-0.39, 0.29) is 5.97 Å². The second-order valence-corrected chi connectivity index (χ2v) is 9.52. The molecule has 2 heterocycles. The van der Waals surface area contributed by atoms with E-state index in [1.807, 2.05) is 84.9 Å². The first-order valence-corrected chi connectivity index (χ1v) is 12.1. The zero-order chi connectivity index (χ0) is 23.6. The van der Waals surface area contributed by atoms with E-state index in [4.69, 9.17) is 9.47 Å². The minimum atomic E-state index is -1.10. The molecule has 2 aliphatic heterocycles. The topological polar surface area (TPSA) is 47.6 Å². The van der Waals surface area contributed by atoms with Crippen LogP contribution in [0, 0.1) is 0 Å². The van der Waals surface area contributed by atoms with Gasteiger partial charge in [0.1, 0.15) is 11.5 Å². The summed E-state index contributed by atoms with van der Waals surface area (Å²) in [5.74, 6) is 0.949. The lowest BCUT2D eigenvalue weighted by atomic mass is 9.77. The number of carbonyl (C=O) groups excluding carboxylic acids is 1. The maximum absolute atomic E-state index is 13.6. The van der Waals surface area contributed by atoms with Gasteiger partial charge in [-0.2, -0.15) is 0 Å². The molecule has 1 atom stereocenters. The molecule has 5 heteroatoms. The van der Waals surface area contributed by atoms with E-state index in [2.05, 4.69) is 39.4 Å². The fourth-order valence-corrected chi connectivity index (χ4v) is 5.73. The third kappa shape index (κ3) is 2.82. The molecule has 1 N–H and O–H groups in total. The first kappa shape index (κ1) is 20.3. The normalized spacial score (nSPS) is 17.3. The van der Waals surface area contributed by atoms with Gasteiger partial charge in [0.25, 0.3) is 0 Å². The molecule has 0 amide bonds. The summed E-state index contributed by atoms with van der Waals surface area (Å²) < 4.78 is 13.4. The molecule has 35 heavy (non-hydrogen) atoms. The molecule has 4 nitrogen and oxygen atoms in total. The van der Waals surface area contributed by atoms with Gasteiger partial charge in [0, 0.05) is 27.8 Å². The zero-order valence-corrected chi connectivity index (χ0v) is 20.0. The lowest BCUT2D eigenvalue weighted by Crippen LogP contribution is -2.33. The van der Waals surface area contributed by atoms with Crippen LogP contribution in [0.15, 0.2) is 108 Å². The Labute approximate surface area is 210 Å². The van der Waals surface area contributed by atoms with Crippen LogP contribution in [0.3, 0.4) is 0 Å². The van der Waals surface area contributed by atoms with Crippen molar-refractivity contribution in [3.8, 4) is 11.5 Å². The van der Waals surface area contributed by atoms with Gasteiger partial charge in [0.15, 0.2) is 5.60 Å². The highest BCUT2D eigenvalue weighted by molar-refractivity contribution is 9.10. The molecule has 168 valence electrons. The van der Waals surface area contributed by atoms with Gasteiger partial charge in [-0.1, -0.05) is 78.9 Å². The fourth-order valence-electron chi connectivity index (χ4n) is 5.29. The van der Waals surface area contributed by atoms with Crippen LogP contribution in [-0.2, 0) is 10.3 Å². The van der Waals surface area contributed by atoms with Crippen LogP contribution in [0.5, 0.6) is 11.5 Å². The SMILES string of the molecule is O=C1OC2(c3ccccc3Oc3c(Br)cccc32)c2cccc(Nc3cccc4ccccc34)c21. The number of benzene rings is 5. The number of hydrogen-bond donors (Lipinski definition) is 1. The lowest BCUT2D eigenvalue weighted by molar-refractivity contribution is 0.0224. The van der Waals surface area contributed by atoms with Gasteiger partial charge in [0.05, 0.1) is 15.7 Å². The molecule has 1 spiro atoms. The maximum atomic E-state index is 13.6. The van der Waals surface area contributed by atoms with E-state index in [0.717, 1.165) is 37.6 Å². The first-order chi connectivity index (χ1) is 17.2. The van der Waals surface area contributed by atoms with E-state index >= 15 is 0 Å². The van der Waals surface area contributed by atoms with Crippen molar-refractivity contribution < 1.29 is 14.3 Å². The predicted octanol–water partition coefficient (Wildman–Crippen LogP) is 7.91. The van der Waals surface area contributed by atoms with Crippen LogP contribution >= 0.6 is 15.9 Å². The molecular weight excluding hydrogens is 502 g/mol. The Bertz CT molecular complexity index is 1670. The second-order valence-electron chi connectivity index (χ2n) is 8.67. The summed E-state index contributed by atoms with van der Waals surface area (Å²) in [7, 11) is 0. The van der Waals surface area contributed by atoms with Crippen molar-refractivity contribution in [3.05, 3.63) is 130 Å². The number of nitrogens with one attached hydrogen (secondary N) is 1. The number of hydrogen-bond acceptors (Lipinski definition) is 4. The van der Waals surface area contributed by atoms with Gasteiger partial charge < -0.3 is 14.8 Å². The molecular formula is C30H18BrNO3. The number of para-hydroxylation sites is 2. The average Bonchev–Trinajstić information content (AvgIpc) is 3.19. The van der Waals surface area contributed by atoms with E-state index < -0.39 is 5.60 Å². The van der Waals surface area contributed by atoms with E-state index in [0.29, 0.717) is 22.7 Å². The number of halogens is 1. The van der Waals surface area contributed by atoms with Gasteiger partial charge in [-0.3, -0.25) is 0 Å². The smallest absolute Gasteiger partial charge is 0.342 e. The average molecular weight is 520 g/mol. The molecule has 2 aliphatic rings. The van der Waals surface area contributed by atoms with Crippen molar-refractivity contribution in [2.75, 3.05) is 5.32 Å². The molecule has 0 saturated heterocycles. The van der Waals surface area contributed by atoms with Crippen LogP contribution in [0.1, 0.15) is 27.0 Å². The number of esters is 1. The monoisotopic (exact) mass is 519 g/mol. The molecule has 0 fully saturated rings.